The predicted molar refractivity (Wildman–Crippen MR) is 237 cm³/mol. The van der Waals surface area contributed by atoms with E-state index in [1.807, 2.05) is 31.5 Å². The molecule has 322 valence electrons. The van der Waals surface area contributed by atoms with E-state index in [0.29, 0.717) is 46.9 Å². The van der Waals surface area contributed by atoms with Crippen molar-refractivity contribution in [3.05, 3.63) is 143 Å². The molecule has 14 heteroatoms. The molecule has 0 saturated carbocycles. The Morgan fingerprint density at radius 3 is 2.48 bits per heavy atom. The largest absolute Gasteiger partial charge is 0.466 e. The number of benzene rings is 4. The lowest BCUT2D eigenvalue weighted by atomic mass is 9.75. The summed E-state index contributed by atoms with van der Waals surface area (Å²) >= 11 is 1.13. The van der Waals surface area contributed by atoms with Gasteiger partial charge in [-0.1, -0.05) is 80.4 Å². The highest BCUT2D eigenvalue weighted by Gasteiger charge is 2.35. The van der Waals surface area contributed by atoms with Gasteiger partial charge in [0, 0.05) is 42.2 Å². The van der Waals surface area contributed by atoms with Crippen molar-refractivity contribution in [1.82, 2.24) is 28.5 Å². The maximum atomic E-state index is 16.8. The molecule has 0 radical (unpaired) electrons. The van der Waals surface area contributed by atoms with Crippen molar-refractivity contribution < 1.29 is 26.7 Å². The third-order valence-electron chi connectivity index (χ3n) is 12.2. The van der Waals surface area contributed by atoms with Crippen LogP contribution in [0.25, 0.3) is 22.3 Å². The fraction of sp³-hybridized carbons (Fsp3) is 0.333. The van der Waals surface area contributed by atoms with Crippen LogP contribution in [-0.4, -0.2) is 49.5 Å². The van der Waals surface area contributed by atoms with Crippen LogP contribution in [0.4, 0.5) is 8.78 Å². The van der Waals surface area contributed by atoms with Gasteiger partial charge in [0.25, 0.3) is 10.0 Å². The maximum absolute atomic E-state index is 16.8. The van der Waals surface area contributed by atoms with Crippen molar-refractivity contribution in [2.45, 2.75) is 105 Å². The van der Waals surface area contributed by atoms with Gasteiger partial charge in [-0.05, 0) is 104 Å². The fourth-order valence-corrected chi connectivity index (χ4v) is 10.7. The van der Waals surface area contributed by atoms with Crippen molar-refractivity contribution in [2.75, 3.05) is 6.61 Å². The molecule has 1 aliphatic heterocycles. The van der Waals surface area contributed by atoms with E-state index in [0.717, 1.165) is 57.3 Å². The average Bonchev–Trinajstić information content (AvgIpc) is 4.00. The van der Waals surface area contributed by atoms with Crippen molar-refractivity contribution >= 4 is 38.7 Å². The average molecular weight is 877 g/mol. The second-order valence-electron chi connectivity index (χ2n) is 17.0. The van der Waals surface area contributed by atoms with Crippen molar-refractivity contribution in [2.24, 2.45) is 7.05 Å². The molecule has 0 spiro atoms. The summed E-state index contributed by atoms with van der Waals surface area (Å²) < 4.78 is 70.4. The minimum absolute atomic E-state index is 0.0922. The van der Waals surface area contributed by atoms with Crippen LogP contribution < -0.4 is 0 Å². The first-order valence-corrected chi connectivity index (χ1v) is 23.1. The van der Waals surface area contributed by atoms with Gasteiger partial charge in [-0.15, -0.1) is 0 Å². The van der Waals surface area contributed by atoms with E-state index in [1.54, 1.807) is 65.8 Å². The standard InChI is InChI=1S/C48H50F2N6O4S2/c1-7-60-43(57)20-15-32-11-10-12-33(25-32)48(5)23-9-8-22-47(3,4)34-28-51-55(29-34)30-39-37-21-24-56(62(58,59)36-17-13-31(2)14-18-36)42(37)27-41(50)44(39)61-35-16-19-40(49)38(26-35)45-52-46(48)53-54(45)6/h10-14,16-19,21,24-29H,7-9,15,20,22-23,30H2,1-6H3. The van der Waals surface area contributed by atoms with Gasteiger partial charge in [0.15, 0.2) is 11.6 Å². The van der Waals surface area contributed by atoms with E-state index in [-0.39, 0.29) is 45.2 Å². The SMILES string of the molecule is CCOC(=O)CCc1cccc(C2(C)CCCCC(C)(C)c3cnn(c3)Cc3c(c(F)cc4c3ccn4S(=O)(=O)c3ccc(C)cc3)Sc3ccc(F)c(c3)-c3nc2nn3C)c1. The maximum Gasteiger partial charge on any atom is 0.306 e. The smallest absolute Gasteiger partial charge is 0.306 e. The van der Waals surface area contributed by atoms with Crippen LogP contribution in [0.1, 0.15) is 93.4 Å². The monoisotopic (exact) mass is 876 g/mol. The summed E-state index contributed by atoms with van der Waals surface area (Å²) in [6.45, 7) is 10.7. The second kappa shape index (κ2) is 16.9. The minimum Gasteiger partial charge on any atom is -0.466 e. The quantitative estimate of drug-likeness (QED) is 0.146. The lowest BCUT2D eigenvalue weighted by Crippen LogP contribution is -2.26. The van der Waals surface area contributed by atoms with E-state index in [1.165, 1.54) is 18.3 Å². The zero-order valence-corrected chi connectivity index (χ0v) is 37.4. The van der Waals surface area contributed by atoms with E-state index in [9.17, 15) is 13.2 Å². The number of ether oxygens (including phenoxy) is 1. The van der Waals surface area contributed by atoms with Gasteiger partial charge in [0.1, 0.15) is 11.6 Å². The molecule has 10 nitrogen and oxygen atoms in total. The zero-order valence-electron chi connectivity index (χ0n) is 35.8. The Hall–Kier alpha value is -5.60. The Labute approximate surface area is 365 Å². The molecule has 6 bridgehead atoms. The summed E-state index contributed by atoms with van der Waals surface area (Å²) in [5.41, 5.74) is 3.93. The van der Waals surface area contributed by atoms with Gasteiger partial charge in [-0.3, -0.25) is 9.48 Å². The summed E-state index contributed by atoms with van der Waals surface area (Å²) in [7, 11) is -2.32. The lowest BCUT2D eigenvalue weighted by Gasteiger charge is -2.29. The van der Waals surface area contributed by atoms with Crippen molar-refractivity contribution in [3.63, 3.8) is 0 Å². The Morgan fingerprint density at radius 1 is 0.935 bits per heavy atom. The zero-order chi connectivity index (χ0) is 44.0. The van der Waals surface area contributed by atoms with Gasteiger partial charge in [0.2, 0.25) is 0 Å². The predicted octanol–water partition coefficient (Wildman–Crippen LogP) is 10.3. The van der Waals surface area contributed by atoms with Crippen molar-refractivity contribution in [1.29, 1.82) is 0 Å². The number of fused-ring (bicyclic) bond motifs is 10. The number of hydrogen-bond acceptors (Lipinski definition) is 8. The Balaban J connectivity index is 1.25. The highest BCUT2D eigenvalue weighted by molar-refractivity contribution is 7.99. The van der Waals surface area contributed by atoms with Crippen LogP contribution in [0.15, 0.2) is 112 Å². The molecular formula is C48H50F2N6O4S2. The summed E-state index contributed by atoms with van der Waals surface area (Å²) in [4.78, 5) is 18.2. The molecule has 7 aromatic rings. The molecule has 1 unspecified atom stereocenters. The Kier molecular flexibility index (Phi) is 11.8. The topological polar surface area (TPSA) is 114 Å². The number of nitrogens with zero attached hydrogens (tertiary/aromatic N) is 6. The molecule has 4 heterocycles. The van der Waals surface area contributed by atoms with Gasteiger partial charge >= 0.3 is 5.97 Å². The van der Waals surface area contributed by atoms with E-state index < -0.39 is 27.1 Å². The number of hydrogen-bond donors (Lipinski definition) is 0. The van der Waals surface area contributed by atoms with E-state index >= 15 is 8.78 Å². The Morgan fingerprint density at radius 2 is 1.71 bits per heavy atom. The second-order valence-corrected chi connectivity index (χ2v) is 19.9. The molecule has 3 aromatic heterocycles. The van der Waals surface area contributed by atoms with Crippen LogP contribution in [0.3, 0.4) is 0 Å². The van der Waals surface area contributed by atoms with Crippen LogP contribution in [0, 0.1) is 18.6 Å². The lowest BCUT2D eigenvalue weighted by molar-refractivity contribution is -0.143. The van der Waals surface area contributed by atoms with Gasteiger partial charge in [-0.25, -0.2) is 30.8 Å². The third-order valence-corrected chi connectivity index (χ3v) is 15.0. The summed E-state index contributed by atoms with van der Waals surface area (Å²) in [6, 6.07) is 22.3. The number of carbonyl (C=O) groups is 1. The highest BCUT2D eigenvalue weighted by atomic mass is 32.2. The number of aromatic nitrogens is 6. The fourth-order valence-electron chi connectivity index (χ4n) is 8.37. The first kappa shape index (κ1) is 43.1. The van der Waals surface area contributed by atoms with Crippen molar-refractivity contribution in [3.8, 4) is 11.4 Å². The van der Waals surface area contributed by atoms with Crippen LogP contribution >= 0.6 is 11.8 Å². The first-order chi connectivity index (χ1) is 29.6. The number of esters is 1. The normalized spacial score (nSPS) is 16.9. The van der Waals surface area contributed by atoms with Crippen LogP contribution in [0.2, 0.25) is 0 Å². The van der Waals surface area contributed by atoms with Crippen LogP contribution in [0.5, 0.6) is 0 Å². The molecule has 62 heavy (non-hydrogen) atoms. The molecule has 1 atom stereocenters. The number of aryl methyl sites for hydroxylation is 3. The summed E-state index contributed by atoms with van der Waals surface area (Å²) in [6.07, 6.45) is 9.35. The van der Waals surface area contributed by atoms with Gasteiger partial charge in [0.05, 0.1) is 45.6 Å². The summed E-state index contributed by atoms with van der Waals surface area (Å²) in [5, 5.41) is 10.2. The third kappa shape index (κ3) is 8.34. The molecule has 4 aromatic carbocycles. The van der Waals surface area contributed by atoms with Gasteiger partial charge < -0.3 is 4.74 Å². The number of rotatable bonds is 7. The molecular weight excluding hydrogens is 827 g/mol. The molecule has 0 N–H and O–H groups in total. The minimum atomic E-state index is -4.07. The number of carbonyl (C=O) groups excluding carboxylic acids is 1. The van der Waals surface area contributed by atoms with Crippen LogP contribution in [-0.2, 0) is 50.4 Å². The van der Waals surface area contributed by atoms with E-state index in [4.69, 9.17) is 19.9 Å². The molecule has 0 aliphatic carbocycles. The highest BCUT2D eigenvalue weighted by Crippen LogP contribution is 2.42. The Bertz CT molecular complexity index is 2920. The van der Waals surface area contributed by atoms with Gasteiger partial charge in [-0.2, -0.15) is 10.2 Å². The summed E-state index contributed by atoms with van der Waals surface area (Å²) in [5.74, 6) is -0.516. The molecule has 1 aliphatic rings. The molecule has 0 amide bonds. The van der Waals surface area contributed by atoms with E-state index in [2.05, 4.69) is 32.9 Å². The first-order valence-electron chi connectivity index (χ1n) is 20.9. The molecule has 8 rings (SSSR count). The number of halogens is 2. The molecule has 0 saturated heterocycles. The molecule has 0 fully saturated rings.